The summed E-state index contributed by atoms with van der Waals surface area (Å²) in [6.07, 6.45) is 0.777. The Bertz CT molecular complexity index is 983. The molecule has 1 amide bonds. The first-order valence-electron chi connectivity index (χ1n) is 8.32. The number of carbonyl (C=O) groups excluding carboxylic acids is 1. The van der Waals surface area contributed by atoms with Gasteiger partial charge in [-0.05, 0) is 61.2 Å². The monoisotopic (exact) mass is 374 g/mol. The average molecular weight is 374 g/mol. The largest absolute Gasteiger partial charge is 0.496 e. The number of nitrogens with one attached hydrogen (secondary N) is 1. The molecule has 0 saturated carbocycles. The molecule has 0 radical (unpaired) electrons. The number of ether oxygens (including phenoxy) is 1. The van der Waals surface area contributed by atoms with Crippen LogP contribution in [0, 0.1) is 13.8 Å². The fourth-order valence-corrected chi connectivity index (χ4v) is 4.61. The number of hydrogen-bond acceptors (Lipinski definition) is 4. The van der Waals surface area contributed by atoms with Crippen molar-refractivity contribution in [1.29, 1.82) is 0 Å². The summed E-state index contributed by atoms with van der Waals surface area (Å²) in [7, 11) is -2.20. The molecule has 0 fully saturated rings. The smallest absolute Gasteiger partial charge is 0.262 e. The van der Waals surface area contributed by atoms with Crippen molar-refractivity contribution in [2.75, 3.05) is 23.3 Å². The molecular formula is C19H22N2O4S. The van der Waals surface area contributed by atoms with Gasteiger partial charge in [-0.1, -0.05) is 6.07 Å². The first kappa shape index (κ1) is 18.3. The molecule has 0 spiro atoms. The normalized spacial score (nSPS) is 13.5. The summed E-state index contributed by atoms with van der Waals surface area (Å²) in [6, 6.07) is 8.62. The highest BCUT2D eigenvalue weighted by Gasteiger charge is 2.24. The van der Waals surface area contributed by atoms with Gasteiger partial charge in [-0.25, -0.2) is 8.42 Å². The molecule has 0 bridgehead atoms. The first-order chi connectivity index (χ1) is 12.2. The lowest BCUT2D eigenvalue weighted by Crippen LogP contribution is -2.25. The molecule has 0 aromatic heterocycles. The Labute approximate surface area is 153 Å². The summed E-state index contributed by atoms with van der Waals surface area (Å²) in [5, 5.41) is 0. The maximum absolute atomic E-state index is 12.9. The number of nitrogens with zero attached hydrogens (tertiary/aromatic N) is 1. The molecular weight excluding hydrogens is 352 g/mol. The number of aryl methyl sites for hydroxylation is 2. The van der Waals surface area contributed by atoms with E-state index in [4.69, 9.17) is 4.74 Å². The maximum atomic E-state index is 12.9. The number of hydrogen-bond donors (Lipinski definition) is 1. The number of fused-ring (bicyclic) bond motifs is 1. The molecule has 0 saturated heterocycles. The fraction of sp³-hybridized carbons (Fsp3) is 0.316. The number of carbonyl (C=O) groups is 1. The Morgan fingerprint density at radius 3 is 2.54 bits per heavy atom. The Balaban J connectivity index is 1.95. The third-order valence-electron chi connectivity index (χ3n) is 4.60. The Kier molecular flexibility index (Phi) is 4.66. The van der Waals surface area contributed by atoms with Gasteiger partial charge in [0.1, 0.15) is 5.75 Å². The third kappa shape index (κ3) is 3.26. The van der Waals surface area contributed by atoms with Crippen molar-refractivity contribution < 1.29 is 17.9 Å². The molecule has 0 unspecified atom stereocenters. The topological polar surface area (TPSA) is 75.7 Å². The molecule has 7 heteroatoms. The van der Waals surface area contributed by atoms with Crippen LogP contribution in [0.2, 0.25) is 0 Å². The van der Waals surface area contributed by atoms with Crippen LogP contribution in [0.3, 0.4) is 0 Å². The Morgan fingerprint density at radius 1 is 1.15 bits per heavy atom. The predicted octanol–water partition coefficient (Wildman–Crippen LogP) is 3.02. The molecule has 1 aliphatic rings. The predicted molar refractivity (Wildman–Crippen MR) is 101 cm³/mol. The van der Waals surface area contributed by atoms with Crippen LogP contribution in [0.5, 0.6) is 5.75 Å². The van der Waals surface area contributed by atoms with E-state index in [-0.39, 0.29) is 10.8 Å². The lowest BCUT2D eigenvalue weighted by Gasteiger charge is -2.17. The van der Waals surface area contributed by atoms with Gasteiger partial charge in [0.15, 0.2) is 0 Å². The minimum atomic E-state index is -3.76. The molecule has 138 valence electrons. The van der Waals surface area contributed by atoms with Gasteiger partial charge < -0.3 is 9.64 Å². The van der Waals surface area contributed by atoms with Gasteiger partial charge in [-0.3, -0.25) is 9.52 Å². The van der Waals surface area contributed by atoms with E-state index in [1.165, 1.54) is 6.92 Å². The quantitative estimate of drug-likeness (QED) is 0.893. The second kappa shape index (κ2) is 6.64. The van der Waals surface area contributed by atoms with Crippen LogP contribution in [0.25, 0.3) is 0 Å². The molecule has 0 atom stereocenters. The second-order valence-corrected chi connectivity index (χ2v) is 8.11. The van der Waals surface area contributed by atoms with Crippen LogP contribution < -0.4 is 14.4 Å². The van der Waals surface area contributed by atoms with Crippen LogP contribution in [0.15, 0.2) is 35.2 Å². The van der Waals surface area contributed by atoms with Gasteiger partial charge in [0.25, 0.3) is 10.0 Å². The maximum Gasteiger partial charge on any atom is 0.262 e. The van der Waals surface area contributed by atoms with Crippen molar-refractivity contribution in [3.63, 3.8) is 0 Å². The van der Waals surface area contributed by atoms with Gasteiger partial charge in [0, 0.05) is 19.2 Å². The number of anilines is 2. The number of sulfonamides is 1. The number of amides is 1. The number of rotatable bonds is 4. The summed E-state index contributed by atoms with van der Waals surface area (Å²) in [4.78, 5) is 13.6. The van der Waals surface area contributed by atoms with Gasteiger partial charge >= 0.3 is 0 Å². The van der Waals surface area contributed by atoms with E-state index in [1.54, 1.807) is 50.1 Å². The highest BCUT2D eigenvalue weighted by atomic mass is 32.2. The summed E-state index contributed by atoms with van der Waals surface area (Å²) in [5.41, 5.74) is 3.59. The first-order valence-corrected chi connectivity index (χ1v) is 9.80. The molecule has 0 aliphatic carbocycles. The third-order valence-corrected chi connectivity index (χ3v) is 6.12. The van der Waals surface area contributed by atoms with E-state index in [1.807, 2.05) is 6.07 Å². The minimum absolute atomic E-state index is 0.0506. The summed E-state index contributed by atoms with van der Waals surface area (Å²) in [5.74, 6) is 0.599. The van der Waals surface area contributed by atoms with E-state index in [0.29, 0.717) is 23.5 Å². The zero-order valence-electron chi connectivity index (χ0n) is 15.3. The van der Waals surface area contributed by atoms with Crippen molar-refractivity contribution in [2.24, 2.45) is 0 Å². The van der Waals surface area contributed by atoms with Gasteiger partial charge in [0.05, 0.1) is 17.7 Å². The molecule has 1 heterocycles. The molecule has 1 aliphatic heterocycles. The fourth-order valence-electron chi connectivity index (χ4n) is 3.25. The molecule has 3 rings (SSSR count). The van der Waals surface area contributed by atoms with E-state index in [2.05, 4.69) is 4.72 Å². The Hall–Kier alpha value is -2.54. The van der Waals surface area contributed by atoms with E-state index >= 15 is 0 Å². The molecule has 2 aromatic rings. The zero-order chi connectivity index (χ0) is 19.1. The lowest BCUT2D eigenvalue weighted by atomic mass is 10.1. The van der Waals surface area contributed by atoms with Crippen molar-refractivity contribution in [3.8, 4) is 5.75 Å². The highest BCUT2D eigenvalue weighted by molar-refractivity contribution is 7.92. The molecule has 1 N–H and O–H groups in total. The van der Waals surface area contributed by atoms with Crippen LogP contribution in [-0.4, -0.2) is 28.0 Å². The average Bonchev–Trinajstić information content (AvgIpc) is 2.99. The van der Waals surface area contributed by atoms with E-state index in [9.17, 15) is 13.2 Å². The van der Waals surface area contributed by atoms with Crippen LogP contribution >= 0.6 is 0 Å². The van der Waals surface area contributed by atoms with Gasteiger partial charge in [0.2, 0.25) is 5.91 Å². The van der Waals surface area contributed by atoms with Crippen molar-refractivity contribution >= 4 is 27.3 Å². The summed E-state index contributed by atoms with van der Waals surface area (Å²) in [6.45, 7) is 5.67. The van der Waals surface area contributed by atoms with Gasteiger partial charge in [-0.15, -0.1) is 0 Å². The Morgan fingerprint density at radius 2 is 1.88 bits per heavy atom. The van der Waals surface area contributed by atoms with Crippen LogP contribution in [0.1, 0.15) is 23.6 Å². The molecule has 2 aromatic carbocycles. The highest BCUT2D eigenvalue weighted by Crippen LogP contribution is 2.32. The van der Waals surface area contributed by atoms with Crippen molar-refractivity contribution in [1.82, 2.24) is 0 Å². The zero-order valence-corrected chi connectivity index (χ0v) is 16.1. The van der Waals surface area contributed by atoms with Crippen molar-refractivity contribution in [2.45, 2.75) is 32.1 Å². The van der Waals surface area contributed by atoms with E-state index < -0.39 is 10.0 Å². The van der Waals surface area contributed by atoms with Crippen molar-refractivity contribution in [3.05, 3.63) is 47.0 Å². The number of benzene rings is 2. The van der Waals surface area contributed by atoms with Crippen LogP contribution in [-0.2, 0) is 21.2 Å². The second-order valence-electron chi connectivity index (χ2n) is 6.46. The molecule has 26 heavy (non-hydrogen) atoms. The van der Waals surface area contributed by atoms with Crippen LogP contribution in [0.4, 0.5) is 11.4 Å². The summed E-state index contributed by atoms with van der Waals surface area (Å²) >= 11 is 0. The SMILES string of the molecule is COc1cc(C)c(S(=O)(=O)Nc2ccc3c(c2)N(C(C)=O)CC3)cc1C. The summed E-state index contributed by atoms with van der Waals surface area (Å²) < 4.78 is 33.6. The number of methoxy groups -OCH3 is 1. The lowest BCUT2D eigenvalue weighted by molar-refractivity contribution is -0.116. The van der Waals surface area contributed by atoms with E-state index in [0.717, 1.165) is 23.2 Å². The molecule has 6 nitrogen and oxygen atoms in total. The standard InChI is InChI=1S/C19H22N2O4S/c1-12-10-19(13(2)9-18(12)25-4)26(23,24)20-16-6-5-15-7-8-21(14(3)22)17(15)11-16/h5-6,9-11,20H,7-8H2,1-4H3. The van der Waals surface area contributed by atoms with Gasteiger partial charge in [-0.2, -0.15) is 0 Å². The minimum Gasteiger partial charge on any atom is -0.496 e.